The molecule has 3 aromatic rings. The molecule has 3 rings (SSSR count). The van der Waals surface area contributed by atoms with Crippen LogP contribution in [0.5, 0.6) is 0 Å². The maximum atomic E-state index is 12.5. The molecule has 1 atom stereocenters. The molecule has 2 heterocycles. The van der Waals surface area contributed by atoms with Crippen LogP contribution in [0.25, 0.3) is 0 Å². The third-order valence-corrected chi connectivity index (χ3v) is 5.66. The number of amides is 1. The number of carbonyl (C=O) groups is 1. The minimum Gasteiger partial charge on any atom is -0.301 e. The lowest BCUT2D eigenvalue weighted by molar-refractivity contribution is -0.115. The third kappa shape index (κ3) is 5.01. The lowest BCUT2D eigenvalue weighted by atomic mass is 10.1. The first-order valence-corrected chi connectivity index (χ1v) is 10.0. The number of thioether (sulfide) groups is 1. The predicted molar refractivity (Wildman–Crippen MR) is 107 cm³/mol. The topological polar surface area (TPSA) is 101 Å². The fraction of sp³-hybridized carbons (Fsp3) is 0.278. The lowest BCUT2D eigenvalue weighted by Crippen LogP contribution is -2.23. The first-order chi connectivity index (χ1) is 12.9. The Hall–Kier alpha value is -2.52. The largest absolute Gasteiger partial charge is 0.301 e. The Morgan fingerprint density at radius 2 is 2.00 bits per heavy atom. The third-order valence-electron chi connectivity index (χ3n) is 3.87. The summed E-state index contributed by atoms with van der Waals surface area (Å²) >= 11 is 2.76. The van der Waals surface area contributed by atoms with Crippen LogP contribution < -0.4 is 10.9 Å². The number of aryl methyl sites for hydroxylation is 2. The Morgan fingerprint density at radius 3 is 2.63 bits per heavy atom. The minimum atomic E-state index is -0.320. The molecule has 0 bridgehead atoms. The Kier molecular flexibility index (Phi) is 6.02. The van der Waals surface area contributed by atoms with E-state index in [4.69, 9.17) is 0 Å². The number of aromatic amines is 1. The molecule has 0 saturated heterocycles. The SMILES string of the molecule is Cc1nnc(NC(=O)Cc2c(C)nc(SC(C)c3ccccc3)[nH]c2=O)s1. The van der Waals surface area contributed by atoms with E-state index in [1.165, 1.54) is 23.1 Å². The molecule has 0 aliphatic carbocycles. The molecule has 0 aliphatic heterocycles. The van der Waals surface area contributed by atoms with Crippen LogP contribution in [0.2, 0.25) is 0 Å². The summed E-state index contributed by atoms with van der Waals surface area (Å²) in [6, 6.07) is 10.0. The number of carbonyl (C=O) groups excluding carboxylic acids is 1. The van der Waals surface area contributed by atoms with Crippen LogP contribution in [0, 0.1) is 13.8 Å². The van der Waals surface area contributed by atoms with Gasteiger partial charge in [-0.1, -0.05) is 53.4 Å². The van der Waals surface area contributed by atoms with Gasteiger partial charge < -0.3 is 10.3 Å². The first kappa shape index (κ1) is 19.2. The fourth-order valence-corrected chi connectivity index (χ4v) is 4.06. The van der Waals surface area contributed by atoms with Crippen LogP contribution in [0.3, 0.4) is 0 Å². The van der Waals surface area contributed by atoms with Gasteiger partial charge in [0.05, 0.1) is 6.42 Å². The quantitative estimate of drug-likeness (QED) is 0.486. The molecular formula is C18H19N5O2S2. The van der Waals surface area contributed by atoms with Crippen molar-refractivity contribution in [2.24, 2.45) is 0 Å². The number of nitrogens with zero attached hydrogens (tertiary/aromatic N) is 3. The first-order valence-electron chi connectivity index (χ1n) is 8.33. The molecule has 0 radical (unpaired) electrons. The molecule has 2 aromatic heterocycles. The molecule has 7 nitrogen and oxygen atoms in total. The molecular weight excluding hydrogens is 382 g/mol. The van der Waals surface area contributed by atoms with Crippen LogP contribution in [0.15, 0.2) is 40.3 Å². The maximum Gasteiger partial charge on any atom is 0.255 e. The summed E-state index contributed by atoms with van der Waals surface area (Å²) in [6.45, 7) is 5.60. The van der Waals surface area contributed by atoms with E-state index in [-0.39, 0.29) is 23.1 Å². The van der Waals surface area contributed by atoms with Crippen molar-refractivity contribution >= 4 is 34.1 Å². The van der Waals surface area contributed by atoms with Gasteiger partial charge in [0.15, 0.2) is 5.16 Å². The summed E-state index contributed by atoms with van der Waals surface area (Å²) in [4.78, 5) is 31.9. The standard InChI is InChI=1S/C18H19N5O2S2/c1-10-14(9-15(24)20-18-23-22-12(3)27-18)16(25)21-17(19-10)26-11(2)13-7-5-4-6-8-13/h4-8,11H,9H2,1-3H3,(H,19,21,25)(H,20,23,24). The number of benzene rings is 1. The van der Waals surface area contributed by atoms with Crippen molar-refractivity contribution < 1.29 is 4.79 Å². The number of anilines is 1. The summed E-state index contributed by atoms with van der Waals surface area (Å²) in [5, 5.41) is 12.2. The molecule has 1 aromatic carbocycles. The van der Waals surface area contributed by atoms with Gasteiger partial charge in [-0.3, -0.25) is 9.59 Å². The van der Waals surface area contributed by atoms with Crippen LogP contribution >= 0.6 is 23.1 Å². The molecule has 1 amide bonds. The maximum absolute atomic E-state index is 12.5. The van der Waals surface area contributed by atoms with Gasteiger partial charge in [0.1, 0.15) is 5.01 Å². The molecule has 0 saturated carbocycles. The molecule has 140 valence electrons. The second-order valence-corrected chi connectivity index (χ2v) is 8.47. The lowest BCUT2D eigenvalue weighted by Gasteiger charge is -2.12. The van der Waals surface area contributed by atoms with Gasteiger partial charge in [0.25, 0.3) is 5.56 Å². The van der Waals surface area contributed by atoms with E-state index in [2.05, 4.69) is 32.4 Å². The molecule has 0 fully saturated rings. The van der Waals surface area contributed by atoms with Gasteiger partial charge in [-0.25, -0.2) is 4.98 Å². The van der Waals surface area contributed by atoms with Gasteiger partial charge in [-0.2, -0.15) is 0 Å². The normalized spacial score (nSPS) is 12.0. The van der Waals surface area contributed by atoms with Gasteiger partial charge in [0, 0.05) is 16.5 Å². The smallest absolute Gasteiger partial charge is 0.255 e. The zero-order valence-electron chi connectivity index (χ0n) is 15.1. The molecule has 1 unspecified atom stereocenters. The van der Waals surface area contributed by atoms with Crippen LogP contribution in [-0.4, -0.2) is 26.1 Å². The van der Waals surface area contributed by atoms with E-state index in [0.717, 1.165) is 10.6 Å². The Labute approximate surface area is 164 Å². The van der Waals surface area contributed by atoms with E-state index in [0.29, 0.717) is 21.5 Å². The van der Waals surface area contributed by atoms with Crippen molar-refractivity contribution in [3.05, 3.63) is 62.5 Å². The fourth-order valence-electron chi connectivity index (χ4n) is 2.48. The van der Waals surface area contributed by atoms with Crippen LogP contribution in [0.4, 0.5) is 5.13 Å². The zero-order chi connectivity index (χ0) is 19.4. The highest BCUT2D eigenvalue weighted by molar-refractivity contribution is 7.99. The average molecular weight is 402 g/mol. The number of H-pyrrole nitrogens is 1. The van der Waals surface area contributed by atoms with Crippen molar-refractivity contribution in [2.75, 3.05) is 5.32 Å². The monoisotopic (exact) mass is 401 g/mol. The summed E-state index contributed by atoms with van der Waals surface area (Å²) in [5.41, 5.74) is 1.75. The van der Waals surface area contributed by atoms with Crippen LogP contribution in [0.1, 0.15) is 34.0 Å². The Morgan fingerprint density at radius 1 is 1.26 bits per heavy atom. The molecule has 2 N–H and O–H groups in total. The number of hydrogen-bond donors (Lipinski definition) is 2. The van der Waals surface area contributed by atoms with Gasteiger partial charge >= 0.3 is 0 Å². The summed E-state index contributed by atoms with van der Waals surface area (Å²) in [6.07, 6.45) is -0.0635. The number of hydrogen-bond acceptors (Lipinski definition) is 7. The van der Waals surface area contributed by atoms with E-state index in [9.17, 15) is 9.59 Å². The van der Waals surface area contributed by atoms with E-state index < -0.39 is 0 Å². The van der Waals surface area contributed by atoms with Gasteiger partial charge in [0.2, 0.25) is 11.0 Å². The van der Waals surface area contributed by atoms with Crippen molar-refractivity contribution in [2.45, 2.75) is 37.6 Å². The summed E-state index contributed by atoms with van der Waals surface area (Å²) in [7, 11) is 0. The summed E-state index contributed by atoms with van der Waals surface area (Å²) < 4.78 is 0. The summed E-state index contributed by atoms with van der Waals surface area (Å²) in [5.74, 6) is -0.320. The highest BCUT2D eigenvalue weighted by Gasteiger charge is 2.16. The molecule has 0 aliphatic rings. The Balaban J connectivity index is 1.71. The molecule has 9 heteroatoms. The van der Waals surface area contributed by atoms with E-state index in [1.807, 2.05) is 30.3 Å². The molecule has 27 heavy (non-hydrogen) atoms. The van der Waals surface area contributed by atoms with E-state index in [1.54, 1.807) is 13.8 Å². The number of rotatable bonds is 6. The van der Waals surface area contributed by atoms with Crippen LogP contribution in [-0.2, 0) is 11.2 Å². The van der Waals surface area contributed by atoms with E-state index >= 15 is 0 Å². The van der Waals surface area contributed by atoms with Crippen molar-refractivity contribution in [3.8, 4) is 0 Å². The predicted octanol–water partition coefficient (Wildman–Crippen LogP) is 3.27. The second kappa shape index (κ2) is 8.45. The second-order valence-electron chi connectivity index (χ2n) is 5.96. The highest BCUT2D eigenvalue weighted by atomic mass is 32.2. The number of nitrogens with one attached hydrogen (secondary N) is 2. The number of aromatic nitrogens is 4. The zero-order valence-corrected chi connectivity index (χ0v) is 16.8. The average Bonchev–Trinajstić information content (AvgIpc) is 3.03. The van der Waals surface area contributed by atoms with Crippen molar-refractivity contribution in [1.82, 2.24) is 20.2 Å². The Bertz CT molecular complexity index is 1000. The van der Waals surface area contributed by atoms with Crippen molar-refractivity contribution in [1.29, 1.82) is 0 Å². The van der Waals surface area contributed by atoms with Gasteiger partial charge in [-0.05, 0) is 26.3 Å². The molecule has 0 spiro atoms. The minimum absolute atomic E-state index is 0.0635. The van der Waals surface area contributed by atoms with Gasteiger partial charge in [-0.15, -0.1) is 10.2 Å². The van der Waals surface area contributed by atoms with Crippen molar-refractivity contribution in [3.63, 3.8) is 0 Å². The highest BCUT2D eigenvalue weighted by Crippen LogP contribution is 2.32.